The van der Waals surface area contributed by atoms with Gasteiger partial charge in [-0.25, -0.2) is 4.98 Å². The molecule has 38 heavy (non-hydrogen) atoms. The summed E-state index contributed by atoms with van der Waals surface area (Å²) in [6.45, 7) is 11.0. The van der Waals surface area contributed by atoms with Crippen LogP contribution in [0.5, 0.6) is 5.75 Å². The van der Waals surface area contributed by atoms with Gasteiger partial charge in [-0.05, 0) is 62.7 Å². The van der Waals surface area contributed by atoms with Crippen molar-refractivity contribution < 1.29 is 9.53 Å². The largest absolute Gasteiger partial charge is 0.492 e. The lowest BCUT2D eigenvalue weighted by molar-refractivity contribution is -0.126. The lowest BCUT2D eigenvalue weighted by Gasteiger charge is -2.43. The van der Waals surface area contributed by atoms with Crippen molar-refractivity contribution >= 4 is 28.6 Å². The fourth-order valence-electron chi connectivity index (χ4n) is 5.80. The molecule has 0 spiro atoms. The Labute approximate surface area is 224 Å². The minimum absolute atomic E-state index is 0.0169. The van der Waals surface area contributed by atoms with Crippen LogP contribution in [0.15, 0.2) is 43.0 Å². The maximum Gasteiger partial charge on any atom is 0.246 e. The monoisotopic (exact) mass is 512 g/mol. The third-order valence-electron chi connectivity index (χ3n) is 8.21. The van der Waals surface area contributed by atoms with E-state index in [0.29, 0.717) is 38.8 Å². The van der Waals surface area contributed by atoms with Crippen molar-refractivity contribution in [2.45, 2.75) is 25.8 Å². The molecular formula is C30H36N6O2. The predicted molar refractivity (Wildman–Crippen MR) is 152 cm³/mol. The highest BCUT2D eigenvalue weighted by Crippen LogP contribution is 2.45. The van der Waals surface area contributed by atoms with Crippen LogP contribution in [-0.2, 0) is 11.2 Å². The number of amides is 1. The molecule has 0 atom stereocenters. The number of fused-ring (bicyclic) bond motifs is 3. The van der Waals surface area contributed by atoms with Gasteiger partial charge in [-0.2, -0.15) is 4.98 Å². The summed E-state index contributed by atoms with van der Waals surface area (Å²) in [7, 11) is 4.24. The molecule has 3 aliphatic heterocycles. The maximum atomic E-state index is 12.2. The number of hydrogen-bond acceptors (Lipinski definition) is 7. The molecule has 3 aliphatic rings. The highest BCUT2D eigenvalue weighted by atomic mass is 16.5. The van der Waals surface area contributed by atoms with Crippen LogP contribution in [0.3, 0.4) is 0 Å². The van der Waals surface area contributed by atoms with Crippen LogP contribution in [0.25, 0.3) is 22.0 Å². The summed E-state index contributed by atoms with van der Waals surface area (Å²) < 4.78 is 6.43. The fraction of sp³-hybridized carbons (Fsp3) is 0.433. The van der Waals surface area contributed by atoms with Gasteiger partial charge in [0.15, 0.2) is 0 Å². The summed E-state index contributed by atoms with van der Waals surface area (Å²) in [5.41, 5.74) is 5.84. The van der Waals surface area contributed by atoms with Gasteiger partial charge in [0.2, 0.25) is 11.9 Å². The number of likely N-dealkylation sites (N-methyl/N-ethyl adjacent to an activating group) is 1. The van der Waals surface area contributed by atoms with Gasteiger partial charge in [0.05, 0.1) is 17.5 Å². The smallest absolute Gasteiger partial charge is 0.246 e. The zero-order valence-electron chi connectivity index (χ0n) is 22.6. The molecule has 6 rings (SSSR count). The topological polar surface area (TPSA) is 65.0 Å². The number of benzene rings is 2. The normalized spacial score (nSPS) is 17.8. The van der Waals surface area contributed by atoms with E-state index in [9.17, 15) is 4.79 Å². The lowest BCUT2D eigenvalue weighted by atomic mass is 9.90. The first-order valence-corrected chi connectivity index (χ1v) is 13.6. The van der Waals surface area contributed by atoms with Crippen LogP contribution in [-0.4, -0.2) is 91.7 Å². The second kappa shape index (κ2) is 9.91. The summed E-state index contributed by atoms with van der Waals surface area (Å²) in [5, 5.41) is 0.994. The van der Waals surface area contributed by atoms with Gasteiger partial charge >= 0.3 is 0 Å². The number of rotatable bonds is 5. The maximum absolute atomic E-state index is 12.2. The van der Waals surface area contributed by atoms with Crippen molar-refractivity contribution in [2.24, 2.45) is 0 Å². The first-order chi connectivity index (χ1) is 18.4. The number of carbonyl (C=O) groups excluding carboxylic acids is 1. The van der Waals surface area contributed by atoms with Crippen LogP contribution in [0.2, 0.25) is 0 Å². The van der Waals surface area contributed by atoms with E-state index >= 15 is 0 Å². The summed E-state index contributed by atoms with van der Waals surface area (Å²) in [6, 6.07) is 11.3. The molecule has 1 amide bonds. The fourth-order valence-corrected chi connectivity index (χ4v) is 5.80. The molecule has 2 aromatic carbocycles. The van der Waals surface area contributed by atoms with Gasteiger partial charge in [0.1, 0.15) is 11.6 Å². The highest BCUT2D eigenvalue weighted by molar-refractivity contribution is 6.01. The Balaban J connectivity index is 1.50. The van der Waals surface area contributed by atoms with Crippen molar-refractivity contribution in [1.29, 1.82) is 0 Å². The molecule has 3 aromatic rings. The van der Waals surface area contributed by atoms with E-state index in [1.165, 1.54) is 28.3 Å². The van der Waals surface area contributed by atoms with E-state index in [1.54, 1.807) is 0 Å². The quantitative estimate of drug-likeness (QED) is 0.485. The van der Waals surface area contributed by atoms with E-state index in [2.05, 4.69) is 72.6 Å². The van der Waals surface area contributed by atoms with Crippen molar-refractivity contribution in [3.63, 3.8) is 0 Å². The molecular weight excluding hydrogens is 476 g/mol. The Morgan fingerprint density at radius 3 is 2.55 bits per heavy atom. The van der Waals surface area contributed by atoms with Gasteiger partial charge in [-0.1, -0.05) is 30.8 Å². The number of aromatic nitrogens is 2. The molecule has 4 heterocycles. The van der Waals surface area contributed by atoms with Crippen molar-refractivity contribution in [3.8, 4) is 16.9 Å². The Hall–Kier alpha value is -3.65. The molecule has 8 heteroatoms. The van der Waals surface area contributed by atoms with Crippen LogP contribution >= 0.6 is 0 Å². The number of anilines is 2. The number of hydrogen-bond donors (Lipinski definition) is 0. The number of piperazine rings is 1. The highest BCUT2D eigenvalue weighted by Gasteiger charge is 2.33. The standard InChI is InChI=1S/C30H36N6O2/c1-5-26(37)34-12-14-35(15-13-34)29-27-25(31-30(32-29)36-18-21(19-36)33(3)4)17-24(22-10-7-6-9-20(22)2)23-11-8-16-38-28(23)27/h5-7,9-10,17,21H,1,8,11-16,18-19H2,2-4H3. The first-order valence-electron chi connectivity index (χ1n) is 13.6. The summed E-state index contributed by atoms with van der Waals surface area (Å²) in [4.78, 5) is 31.2. The zero-order chi connectivity index (χ0) is 26.4. The summed E-state index contributed by atoms with van der Waals surface area (Å²) in [5.74, 6) is 2.59. The Bertz CT molecular complexity index is 1390. The second-order valence-electron chi connectivity index (χ2n) is 10.8. The molecule has 2 saturated heterocycles. The van der Waals surface area contributed by atoms with Crippen molar-refractivity contribution in [1.82, 2.24) is 19.8 Å². The van der Waals surface area contributed by atoms with Crippen LogP contribution in [0.4, 0.5) is 11.8 Å². The zero-order valence-corrected chi connectivity index (χ0v) is 22.6. The number of carbonyl (C=O) groups is 1. The summed E-state index contributed by atoms with van der Waals surface area (Å²) >= 11 is 0. The van der Waals surface area contributed by atoms with E-state index in [1.807, 2.05) is 4.90 Å². The number of ether oxygens (including phenoxy) is 1. The van der Waals surface area contributed by atoms with Crippen LogP contribution in [0, 0.1) is 6.92 Å². The molecule has 198 valence electrons. The lowest BCUT2D eigenvalue weighted by Crippen LogP contribution is -2.58. The van der Waals surface area contributed by atoms with Crippen LogP contribution in [0.1, 0.15) is 17.5 Å². The van der Waals surface area contributed by atoms with Crippen molar-refractivity contribution in [2.75, 3.05) is 69.8 Å². The van der Waals surface area contributed by atoms with E-state index in [0.717, 1.165) is 54.3 Å². The Morgan fingerprint density at radius 2 is 1.84 bits per heavy atom. The molecule has 8 nitrogen and oxygen atoms in total. The van der Waals surface area contributed by atoms with E-state index in [-0.39, 0.29) is 5.91 Å². The average molecular weight is 513 g/mol. The Morgan fingerprint density at radius 1 is 1.08 bits per heavy atom. The summed E-state index contributed by atoms with van der Waals surface area (Å²) in [6.07, 6.45) is 3.36. The first kappa shape index (κ1) is 24.7. The molecule has 1 aromatic heterocycles. The van der Waals surface area contributed by atoms with E-state index < -0.39 is 0 Å². The van der Waals surface area contributed by atoms with Gasteiger partial charge in [-0.3, -0.25) is 4.79 Å². The molecule has 0 aliphatic carbocycles. The predicted octanol–water partition coefficient (Wildman–Crippen LogP) is 3.52. The van der Waals surface area contributed by atoms with E-state index in [4.69, 9.17) is 14.7 Å². The number of nitrogens with zero attached hydrogens (tertiary/aromatic N) is 6. The number of aryl methyl sites for hydroxylation is 1. The SMILES string of the molecule is C=CC(=O)N1CCN(c2nc(N3CC(N(C)C)C3)nc3cc(-c4ccccc4C)c4c(c23)OCCC4)CC1. The molecule has 0 saturated carbocycles. The Kier molecular flexibility index (Phi) is 6.43. The van der Waals surface area contributed by atoms with Gasteiger partial charge in [-0.15, -0.1) is 0 Å². The van der Waals surface area contributed by atoms with Gasteiger partial charge < -0.3 is 24.3 Å². The minimum atomic E-state index is -0.0169. The molecule has 0 unspecified atom stereocenters. The van der Waals surface area contributed by atoms with Crippen LogP contribution < -0.4 is 14.5 Å². The van der Waals surface area contributed by atoms with Crippen molar-refractivity contribution in [3.05, 3.63) is 54.1 Å². The molecule has 0 bridgehead atoms. The minimum Gasteiger partial charge on any atom is -0.492 e. The molecule has 2 fully saturated rings. The average Bonchev–Trinajstić information content (AvgIpc) is 2.91. The molecule has 0 N–H and O–H groups in total. The third kappa shape index (κ3) is 4.26. The van der Waals surface area contributed by atoms with Gasteiger partial charge in [0, 0.05) is 50.9 Å². The molecule has 0 radical (unpaired) electrons. The second-order valence-corrected chi connectivity index (χ2v) is 10.8. The van der Waals surface area contributed by atoms with Gasteiger partial charge in [0.25, 0.3) is 0 Å². The third-order valence-corrected chi connectivity index (χ3v) is 8.21.